The van der Waals surface area contributed by atoms with Gasteiger partial charge in [0.25, 0.3) is 0 Å². The van der Waals surface area contributed by atoms with Crippen molar-refractivity contribution < 1.29 is 8.78 Å². The second kappa shape index (κ2) is 4.74. The number of fused-ring (bicyclic) bond motifs is 1. The number of aromatic nitrogens is 2. The van der Waals surface area contributed by atoms with Crippen LogP contribution in [0.1, 0.15) is 24.1 Å². The van der Waals surface area contributed by atoms with Crippen LogP contribution in [0.15, 0.2) is 18.2 Å². The van der Waals surface area contributed by atoms with Crippen molar-refractivity contribution in [2.45, 2.75) is 26.3 Å². The Balaban J connectivity index is 2.23. The van der Waals surface area contributed by atoms with Gasteiger partial charge in [0.1, 0.15) is 5.82 Å². The number of nitrogens with one attached hydrogen (secondary N) is 1. The zero-order chi connectivity index (χ0) is 13.4. The SMILES string of the molecule is CCc1nc2c(n1-c1cccc(F)c1F)CCNC2. The van der Waals surface area contributed by atoms with E-state index in [1.54, 1.807) is 10.6 Å². The number of nitrogens with zero attached hydrogens (tertiary/aromatic N) is 2. The monoisotopic (exact) mass is 263 g/mol. The van der Waals surface area contributed by atoms with Crippen LogP contribution in [0.25, 0.3) is 5.69 Å². The fraction of sp³-hybridized carbons (Fsp3) is 0.357. The maximum atomic E-state index is 14.0. The number of hydrogen-bond acceptors (Lipinski definition) is 2. The summed E-state index contributed by atoms with van der Waals surface area (Å²) in [5.41, 5.74) is 2.18. The molecule has 0 fully saturated rings. The molecule has 1 N–H and O–H groups in total. The molecule has 19 heavy (non-hydrogen) atoms. The van der Waals surface area contributed by atoms with Gasteiger partial charge in [0, 0.05) is 31.6 Å². The van der Waals surface area contributed by atoms with E-state index in [1.807, 2.05) is 6.92 Å². The van der Waals surface area contributed by atoms with Crippen molar-refractivity contribution in [3.63, 3.8) is 0 Å². The molecule has 2 heterocycles. The first kappa shape index (κ1) is 12.3. The number of hydrogen-bond donors (Lipinski definition) is 1. The fourth-order valence-electron chi connectivity index (χ4n) is 2.55. The van der Waals surface area contributed by atoms with Gasteiger partial charge >= 0.3 is 0 Å². The molecule has 0 aliphatic carbocycles. The Morgan fingerprint density at radius 2 is 2.21 bits per heavy atom. The molecular formula is C14H15F2N3. The molecule has 0 saturated heterocycles. The summed E-state index contributed by atoms with van der Waals surface area (Å²) in [6, 6.07) is 4.26. The Kier molecular flexibility index (Phi) is 3.06. The van der Waals surface area contributed by atoms with E-state index in [2.05, 4.69) is 10.3 Å². The van der Waals surface area contributed by atoms with Crippen LogP contribution in [0.4, 0.5) is 8.78 Å². The molecule has 3 rings (SSSR count). The van der Waals surface area contributed by atoms with Crippen molar-refractivity contribution in [3.05, 3.63) is 47.0 Å². The minimum atomic E-state index is -0.823. The second-order valence-corrected chi connectivity index (χ2v) is 4.61. The standard InChI is InChI=1S/C14H15F2N3/c1-2-13-18-10-8-17-7-6-11(10)19(13)12-5-3-4-9(15)14(12)16/h3-5,17H,2,6-8H2,1H3. The molecule has 0 unspecified atom stereocenters. The molecule has 0 radical (unpaired) electrons. The molecule has 0 atom stereocenters. The summed E-state index contributed by atoms with van der Waals surface area (Å²) in [7, 11) is 0. The lowest BCUT2D eigenvalue weighted by Gasteiger charge is -2.16. The van der Waals surface area contributed by atoms with Crippen LogP contribution in [0.3, 0.4) is 0 Å². The van der Waals surface area contributed by atoms with Gasteiger partial charge in [-0.05, 0) is 12.1 Å². The first-order chi connectivity index (χ1) is 9.22. The lowest BCUT2D eigenvalue weighted by molar-refractivity contribution is 0.501. The highest BCUT2D eigenvalue weighted by Gasteiger charge is 2.22. The van der Waals surface area contributed by atoms with Crippen LogP contribution in [0, 0.1) is 11.6 Å². The van der Waals surface area contributed by atoms with Gasteiger partial charge in [0.05, 0.1) is 11.4 Å². The third kappa shape index (κ3) is 1.94. The molecule has 100 valence electrons. The molecular weight excluding hydrogens is 248 g/mol. The number of halogens is 2. The summed E-state index contributed by atoms with van der Waals surface area (Å²) in [5.74, 6) is -0.856. The maximum absolute atomic E-state index is 14.0. The Morgan fingerprint density at radius 1 is 1.37 bits per heavy atom. The van der Waals surface area contributed by atoms with E-state index in [1.165, 1.54) is 6.07 Å². The van der Waals surface area contributed by atoms with Crippen LogP contribution in [0.5, 0.6) is 0 Å². The predicted octanol–water partition coefficient (Wildman–Crippen LogP) is 2.36. The van der Waals surface area contributed by atoms with Crippen LogP contribution in [-0.4, -0.2) is 16.1 Å². The minimum Gasteiger partial charge on any atom is -0.311 e. The molecule has 5 heteroatoms. The van der Waals surface area contributed by atoms with Crippen LogP contribution < -0.4 is 5.32 Å². The van der Waals surface area contributed by atoms with Crippen molar-refractivity contribution in [2.75, 3.05) is 6.54 Å². The second-order valence-electron chi connectivity index (χ2n) is 4.61. The van der Waals surface area contributed by atoms with E-state index in [0.717, 1.165) is 36.2 Å². The van der Waals surface area contributed by atoms with E-state index in [4.69, 9.17) is 0 Å². The van der Waals surface area contributed by atoms with Gasteiger partial charge in [-0.1, -0.05) is 13.0 Å². The zero-order valence-corrected chi connectivity index (χ0v) is 10.7. The Morgan fingerprint density at radius 3 is 3.00 bits per heavy atom. The third-order valence-electron chi connectivity index (χ3n) is 3.44. The van der Waals surface area contributed by atoms with E-state index in [0.29, 0.717) is 13.0 Å². The van der Waals surface area contributed by atoms with Crippen molar-refractivity contribution >= 4 is 0 Å². The largest absolute Gasteiger partial charge is 0.311 e. The Hall–Kier alpha value is -1.75. The van der Waals surface area contributed by atoms with Gasteiger partial charge in [0.2, 0.25) is 0 Å². The van der Waals surface area contributed by atoms with Gasteiger partial charge < -0.3 is 5.32 Å². The maximum Gasteiger partial charge on any atom is 0.182 e. The van der Waals surface area contributed by atoms with Crippen molar-refractivity contribution in [1.82, 2.24) is 14.9 Å². The number of benzene rings is 1. The Labute approximate surface area is 110 Å². The lowest BCUT2D eigenvalue weighted by atomic mass is 10.1. The minimum absolute atomic E-state index is 0.257. The zero-order valence-electron chi connectivity index (χ0n) is 10.7. The topological polar surface area (TPSA) is 29.9 Å². The predicted molar refractivity (Wildman–Crippen MR) is 68.3 cm³/mol. The molecule has 0 bridgehead atoms. The van der Waals surface area contributed by atoms with E-state index in [-0.39, 0.29) is 5.69 Å². The van der Waals surface area contributed by atoms with Crippen molar-refractivity contribution in [1.29, 1.82) is 0 Å². The van der Waals surface area contributed by atoms with Crippen molar-refractivity contribution in [3.8, 4) is 5.69 Å². The molecule has 1 aromatic heterocycles. The van der Waals surface area contributed by atoms with Crippen LogP contribution in [-0.2, 0) is 19.4 Å². The fourth-order valence-corrected chi connectivity index (χ4v) is 2.55. The Bertz CT molecular complexity index is 619. The molecule has 2 aromatic rings. The summed E-state index contributed by atoms with van der Waals surface area (Å²) in [6.07, 6.45) is 1.46. The summed E-state index contributed by atoms with van der Waals surface area (Å²) < 4.78 is 29.2. The number of rotatable bonds is 2. The summed E-state index contributed by atoms with van der Waals surface area (Å²) in [6.45, 7) is 3.49. The van der Waals surface area contributed by atoms with E-state index in [9.17, 15) is 8.78 Å². The average Bonchev–Trinajstić information content (AvgIpc) is 2.80. The van der Waals surface area contributed by atoms with Gasteiger partial charge in [-0.25, -0.2) is 13.8 Å². The normalized spacial score (nSPS) is 14.5. The first-order valence-electron chi connectivity index (χ1n) is 6.46. The molecule has 0 saturated carbocycles. The van der Waals surface area contributed by atoms with Gasteiger partial charge in [-0.2, -0.15) is 0 Å². The molecule has 1 aromatic carbocycles. The molecule has 0 spiro atoms. The molecule has 1 aliphatic rings. The molecule has 3 nitrogen and oxygen atoms in total. The van der Waals surface area contributed by atoms with Gasteiger partial charge in [-0.3, -0.25) is 4.57 Å². The van der Waals surface area contributed by atoms with Crippen molar-refractivity contribution in [2.24, 2.45) is 0 Å². The lowest BCUT2D eigenvalue weighted by Crippen LogP contribution is -2.25. The quantitative estimate of drug-likeness (QED) is 0.901. The summed E-state index contributed by atoms with van der Waals surface area (Å²) in [5, 5.41) is 3.24. The smallest absolute Gasteiger partial charge is 0.182 e. The first-order valence-corrected chi connectivity index (χ1v) is 6.46. The summed E-state index contributed by atoms with van der Waals surface area (Å²) in [4.78, 5) is 4.53. The highest BCUT2D eigenvalue weighted by atomic mass is 19.2. The highest BCUT2D eigenvalue weighted by molar-refractivity contribution is 5.40. The highest BCUT2D eigenvalue weighted by Crippen LogP contribution is 2.24. The van der Waals surface area contributed by atoms with Crippen LogP contribution in [0.2, 0.25) is 0 Å². The summed E-state index contributed by atoms with van der Waals surface area (Å²) >= 11 is 0. The number of imidazole rings is 1. The van der Waals surface area contributed by atoms with Crippen LogP contribution >= 0.6 is 0 Å². The van der Waals surface area contributed by atoms with Gasteiger partial charge in [0.15, 0.2) is 11.6 Å². The van der Waals surface area contributed by atoms with E-state index >= 15 is 0 Å². The molecule has 1 aliphatic heterocycles. The van der Waals surface area contributed by atoms with Gasteiger partial charge in [-0.15, -0.1) is 0 Å². The number of aryl methyl sites for hydroxylation is 1. The average molecular weight is 263 g/mol. The molecule has 0 amide bonds. The van der Waals surface area contributed by atoms with E-state index < -0.39 is 11.6 Å². The third-order valence-corrected chi connectivity index (χ3v) is 3.44.